The molecule has 14 heavy (non-hydrogen) atoms. The summed E-state index contributed by atoms with van der Waals surface area (Å²) in [5.74, 6) is 0. The highest BCUT2D eigenvalue weighted by atomic mass is 15.2. The fraction of sp³-hybridized carbons (Fsp3) is 1.00. The van der Waals surface area contributed by atoms with Crippen LogP contribution in [0.4, 0.5) is 0 Å². The van der Waals surface area contributed by atoms with Crippen molar-refractivity contribution in [3.05, 3.63) is 0 Å². The van der Waals surface area contributed by atoms with Crippen LogP contribution in [0.1, 0.15) is 51.4 Å². The van der Waals surface area contributed by atoms with Crippen molar-refractivity contribution in [2.24, 2.45) is 5.73 Å². The van der Waals surface area contributed by atoms with Crippen LogP contribution in [0.15, 0.2) is 0 Å². The predicted molar refractivity (Wildman–Crippen MR) is 60.3 cm³/mol. The van der Waals surface area contributed by atoms with Gasteiger partial charge in [0.15, 0.2) is 0 Å². The second-order valence-corrected chi connectivity index (χ2v) is 5.18. The van der Waals surface area contributed by atoms with Crippen LogP contribution in [0, 0.1) is 0 Å². The van der Waals surface area contributed by atoms with E-state index in [2.05, 4.69) is 11.9 Å². The lowest BCUT2D eigenvalue weighted by molar-refractivity contribution is -0.000348. The maximum Gasteiger partial charge on any atom is 0.0331 e. The molecule has 0 aliphatic heterocycles. The van der Waals surface area contributed by atoms with E-state index in [-0.39, 0.29) is 0 Å². The first-order chi connectivity index (χ1) is 6.78. The molecule has 0 aromatic heterocycles. The Labute approximate surface area is 87.8 Å². The summed E-state index contributed by atoms with van der Waals surface area (Å²) in [4.78, 5) is 2.62. The molecule has 2 N–H and O–H groups in total. The molecule has 0 unspecified atom stereocenters. The summed E-state index contributed by atoms with van der Waals surface area (Å²) in [6, 6.07) is 0.826. The number of nitrogens with zero attached hydrogens (tertiary/aromatic N) is 1. The molecule has 0 bridgehead atoms. The third-order valence-electron chi connectivity index (χ3n) is 4.53. The first-order valence-corrected chi connectivity index (χ1v) is 6.21. The predicted octanol–water partition coefficient (Wildman–Crippen LogP) is 2.13. The average Bonchev–Trinajstić information content (AvgIpc) is 2.18. The Morgan fingerprint density at radius 3 is 2.21 bits per heavy atom. The minimum atomic E-state index is 0.391. The molecule has 0 radical (unpaired) electrons. The van der Waals surface area contributed by atoms with E-state index in [0.29, 0.717) is 5.54 Å². The van der Waals surface area contributed by atoms with E-state index in [4.69, 9.17) is 5.73 Å². The maximum absolute atomic E-state index is 5.93. The van der Waals surface area contributed by atoms with Gasteiger partial charge in [0.2, 0.25) is 0 Å². The standard InChI is InChI=1S/C12H24N2/c1-14(11-6-3-2-4-7-11)12(10-13)8-5-9-12/h11H,2-10,13H2,1H3. The first kappa shape index (κ1) is 10.4. The number of hydrogen-bond donors (Lipinski definition) is 1. The minimum absolute atomic E-state index is 0.391. The van der Waals surface area contributed by atoms with Crippen LogP contribution in [0.25, 0.3) is 0 Å². The Bertz CT molecular complexity index is 175. The van der Waals surface area contributed by atoms with Crippen molar-refractivity contribution in [2.75, 3.05) is 13.6 Å². The van der Waals surface area contributed by atoms with Crippen LogP contribution in [0.2, 0.25) is 0 Å². The second-order valence-electron chi connectivity index (χ2n) is 5.18. The van der Waals surface area contributed by atoms with Crippen LogP contribution in [0.5, 0.6) is 0 Å². The van der Waals surface area contributed by atoms with Gasteiger partial charge in [0.25, 0.3) is 0 Å². The summed E-state index contributed by atoms with van der Waals surface area (Å²) in [6.45, 7) is 0.861. The summed E-state index contributed by atoms with van der Waals surface area (Å²) in [7, 11) is 2.31. The van der Waals surface area contributed by atoms with Gasteiger partial charge in [-0.1, -0.05) is 19.3 Å². The molecular formula is C12H24N2. The lowest BCUT2D eigenvalue weighted by atomic mass is 9.74. The van der Waals surface area contributed by atoms with Crippen LogP contribution in [0.3, 0.4) is 0 Å². The Balaban J connectivity index is 1.94. The van der Waals surface area contributed by atoms with Gasteiger partial charge in [-0.3, -0.25) is 4.90 Å². The van der Waals surface area contributed by atoms with Crippen LogP contribution in [-0.4, -0.2) is 30.1 Å². The van der Waals surface area contributed by atoms with E-state index in [0.717, 1.165) is 12.6 Å². The number of rotatable bonds is 3. The van der Waals surface area contributed by atoms with Gasteiger partial charge in [0, 0.05) is 18.1 Å². The van der Waals surface area contributed by atoms with Gasteiger partial charge in [-0.15, -0.1) is 0 Å². The third kappa shape index (κ3) is 1.70. The molecule has 0 atom stereocenters. The lowest BCUT2D eigenvalue weighted by Gasteiger charge is -2.52. The quantitative estimate of drug-likeness (QED) is 0.749. The molecule has 2 fully saturated rings. The average molecular weight is 196 g/mol. The monoisotopic (exact) mass is 196 g/mol. The van der Waals surface area contributed by atoms with Crippen LogP contribution in [-0.2, 0) is 0 Å². The van der Waals surface area contributed by atoms with Crippen molar-refractivity contribution in [2.45, 2.75) is 62.9 Å². The molecule has 2 rings (SSSR count). The number of nitrogens with two attached hydrogens (primary N) is 1. The second kappa shape index (κ2) is 4.19. The van der Waals surface area contributed by atoms with Crippen LogP contribution >= 0.6 is 0 Å². The van der Waals surface area contributed by atoms with Crippen molar-refractivity contribution >= 4 is 0 Å². The molecule has 0 heterocycles. The van der Waals surface area contributed by atoms with Gasteiger partial charge in [-0.2, -0.15) is 0 Å². The van der Waals surface area contributed by atoms with Gasteiger partial charge in [0.05, 0.1) is 0 Å². The summed E-state index contributed by atoms with van der Waals surface area (Å²) in [5.41, 5.74) is 6.33. The Hall–Kier alpha value is -0.0800. The Morgan fingerprint density at radius 1 is 1.14 bits per heavy atom. The summed E-state index contributed by atoms with van der Waals surface area (Å²) in [5, 5.41) is 0. The molecule has 0 amide bonds. The summed E-state index contributed by atoms with van der Waals surface area (Å²) >= 11 is 0. The van der Waals surface area contributed by atoms with E-state index in [9.17, 15) is 0 Å². The van der Waals surface area contributed by atoms with Crippen LogP contribution < -0.4 is 5.73 Å². The zero-order valence-electron chi connectivity index (χ0n) is 9.47. The fourth-order valence-corrected chi connectivity index (χ4v) is 3.14. The van der Waals surface area contributed by atoms with Gasteiger partial charge >= 0.3 is 0 Å². The Morgan fingerprint density at radius 2 is 1.79 bits per heavy atom. The topological polar surface area (TPSA) is 29.3 Å². The molecule has 2 saturated carbocycles. The SMILES string of the molecule is CN(C1CCCCC1)C1(CN)CCC1. The molecule has 2 nitrogen and oxygen atoms in total. The van der Waals surface area contributed by atoms with Crippen molar-refractivity contribution in [3.8, 4) is 0 Å². The highest BCUT2D eigenvalue weighted by Crippen LogP contribution is 2.39. The molecule has 0 aromatic carbocycles. The van der Waals surface area contributed by atoms with Gasteiger partial charge in [-0.25, -0.2) is 0 Å². The van der Waals surface area contributed by atoms with E-state index in [1.807, 2.05) is 0 Å². The first-order valence-electron chi connectivity index (χ1n) is 6.21. The fourth-order valence-electron chi connectivity index (χ4n) is 3.14. The van der Waals surface area contributed by atoms with Crippen molar-refractivity contribution < 1.29 is 0 Å². The highest BCUT2D eigenvalue weighted by molar-refractivity contribution is 5.00. The number of hydrogen-bond acceptors (Lipinski definition) is 2. The molecule has 0 spiro atoms. The van der Waals surface area contributed by atoms with E-state index in [1.165, 1.54) is 51.4 Å². The zero-order valence-corrected chi connectivity index (χ0v) is 9.47. The van der Waals surface area contributed by atoms with Crippen molar-refractivity contribution in [3.63, 3.8) is 0 Å². The molecule has 82 valence electrons. The van der Waals surface area contributed by atoms with E-state index < -0.39 is 0 Å². The summed E-state index contributed by atoms with van der Waals surface area (Å²) < 4.78 is 0. The zero-order chi connectivity index (χ0) is 10.0. The normalized spacial score (nSPS) is 27.6. The minimum Gasteiger partial charge on any atom is -0.329 e. The Kier molecular flexibility index (Phi) is 3.13. The van der Waals surface area contributed by atoms with E-state index in [1.54, 1.807) is 0 Å². The highest BCUT2D eigenvalue weighted by Gasteiger charge is 2.42. The van der Waals surface area contributed by atoms with Gasteiger partial charge in [0.1, 0.15) is 0 Å². The molecule has 0 saturated heterocycles. The largest absolute Gasteiger partial charge is 0.329 e. The lowest BCUT2D eigenvalue weighted by Crippen LogP contribution is -2.60. The molecule has 2 aliphatic carbocycles. The summed E-state index contributed by atoms with van der Waals surface area (Å²) in [6.07, 6.45) is 11.1. The molecule has 2 aliphatic rings. The van der Waals surface area contributed by atoms with Gasteiger partial charge < -0.3 is 5.73 Å². The van der Waals surface area contributed by atoms with E-state index >= 15 is 0 Å². The maximum atomic E-state index is 5.93. The molecule has 0 aromatic rings. The smallest absolute Gasteiger partial charge is 0.0331 e. The molecule has 2 heteroatoms. The molecular weight excluding hydrogens is 172 g/mol. The van der Waals surface area contributed by atoms with Crippen molar-refractivity contribution in [1.29, 1.82) is 0 Å². The van der Waals surface area contributed by atoms with Gasteiger partial charge in [-0.05, 0) is 39.2 Å². The van der Waals surface area contributed by atoms with Crippen molar-refractivity contribution in [1.82, 2.24) is 4.90 Å². The number of likely N-dealkylation sites (N-methyl/N-ethyl adjacent to an activating group) is 1. The third-order valence-corrected chi connectivity index (χ3v) is 4.53.